The summed E-state index contributed by atoms with van der Waals surface area (Å²) >= 11 is 0. The van der Waals surface area contributed by atoms with E-state index in [1.54, 1.807) is 0 Å². The predicted octanol–water partition coefficient (Wildman–Crippen LogP) is 3.98. The first-order valence-corrected chi connectivity index (χ1v) is 6.04. The molecule has 2 aromatic rings. The normalized spacial score (nSPS) is 20.5. The number of allylic oxidation sites excluding steroid dienone is 4. The summed E-state index contributed by atoms with van der Waals surface area (Å²) in [7, 11) is 0. The summed E-state index contributed by atoms with van der Waals surface area (Å²) in [5.41, 5.74) is 6.86. The highest BCUT2D eigenvalue weighted by Crippen LogP contribution is 2.50. The van der Waals surface area contributed by atoms with Crippen LogP contribution in [0, 0.1) is 6.92 Å². The van der Waals surface area contributed by atoms with Gasteiger partial charge >= 0.3 is 0 Å². The standard InChI is InChI=1S/C16H13N/c1-9-5-12-7-15(12)16-13(9)4-3-11-8-17-10(2)6-14(11)16/h3-8,15H,1-2H3. The summed E-state index contributed by atoms with van der Waals surface area (Å²) in [6.45, 7) is 4.26. The Balaban J connectivity index is 2.14. The lowest BCUT2D eigenvalue weighted by molar-refractivity contribution is 1.17. The van der Waals surface area contributed by atoms with Gasteiger partial charge in [0, 0.05) is 23.2 Å². The Bertz CT molecular complexity index is 720. The third-order valence-electron chi connectivity index (χ3n) is 3.81. The van der Waals surface area contributed by atoms with E-state index in [1.807, 2.05) is 6.20 Å². The van der Waals surface area contributed by atoms with Crippen molar-refractivity contribution >= 4 is 16.3 Å². The molecule has 0 radical (unpaired) electrons. The van der Waals surface area contributed by atoms with Gasteiger partial charge in [-0.25, -0.2) is 0 Å². The molecule has 1 aromatic carbocycles. The number of hydrogen-bond donors (Lipinski definition) is 0. The second kappa shape index (κ2) is 2.86. The van der Waals surface area contributed by atoms with Crippen LogP contribution in [0.1, 0.15) is 29.7 Å². The van der Waals surface area contributed by atoms with E-state index in [0.29, 0.717) is 5.92 Å². The average Bonchev–Trinajstić information content (AvgIpc) is 3.07. The fraction of sp³-hybridized carbons (Fsp3) is 0.188. The zero-order chi connectivity index (χ0) is 11.6. The van der Waals surface area contributed by atoms with Gasteiger partial charge in [-0.3, -0.25) is 4.98 Å². The predicted molar refractivity (Wildman–Crippen MR) is 71.0 cm³/mol. The molecule has 0 fully saturated rings. The summed E-state index contributed by atoms with van der Waals surface area (Å²) in [6.07, 6.45) is 6.65. The number of hydrogen-bond acceptors (Lipinski definition) is 1. The topological polar surface area (TPSA) is 12.9 Å². The number of fused-ring (bicyclic) bond motifs is 5. The van der Waals surface area contributed by atoms with Gasteiger partial charge in [-0.05, 0) is 47.6 Å². The van der Waals surface area contributed by atoms with Crippen LogP contribution in [-0.4, -0.2) is 4.98 Å². The highest BCUT2D eigenvalue weighted by molar-refractivity contribution is 5.95. The zero-order valence-electron chi connectivity index (χ0n) is 9.99. The van der Waals surface area contributed by atoms with Crippen molar-refractivity contribution in [2.24, 2.45) is 0 Å². The van der Waals surface area contributed by atoms with Crippen molar-refractivity contribution < 1.29 is 0 Å². The van der Waals surface area contributed by atoms with E-state index in [4.69, 9.17) is 0 Å². The molecule has 1 atom stereocenters. The second-order valence-electron chi connectivity index (χ2n) is 5.05. The third kappa shape index (κ3) is 1.17. The van der Waals surface area contributed by atoms with Gasteiger partial charge in [-0.15, -0.1) is 0 Å². The van der Waals surface area contributed by atoms with Crippen LogP contribution in [0.25, 0.3) is 16.3 Å². The molecule has 82 valence electrons. The fourth-order valence-electron chi connectivity index (χ4n) is 2.88. The van der Waals surface area contributed by atoms with Gasteiger partial charge in [0.15, 0.2) is 0 Å². The SMILES string of the molecule is CC1=CC2=CC2c2c1ccc1cnc(C)cc21. The van der Waals surface area contributed by atoms with Crippen LogP contribution in [0.5, 0.6) is 0 Å². The van der Waals surface area contributed by atoms with Crippen molar-refractivity contribution in [2.75, 3.05) is 0 Å². The molecule has 0 aliphatic heterocycles. The molecule has 0 bridgehead atoms. The number of aryl methyl sites for hydroxylation is 1. The molecule has 2 aliphatic carbocycles. The molecule has 1 nitrogen and oxygen atoms in total. The minimum atomic E-state index is 0.569. The van der Waals surface area contributed by atoms with Crippen LogP contribution >= 0.6 is 0 Å². The van der Waals surface area contributed by atoms with Crippen molar-refractivity contribution in [1.82, 2.24) is 4.98 Å². The lowest BCUT2D eigenvalue weighted by atomic mass is 9.87. The minimum Gasteiger partial charge on any atom is -0.261 e. The number of benzene rings is 1. The number of pyridine rings is 1. The van der Waals surface area contributed by atoms with Gasteiger partial charge in [-0.1, -0.05) is 24.3 Å². The molecule has 4 rings (SSSR count). The average molecular weight is 219 g/mol. The zero-order valence-corrected chi connectivity index (χ0v) is 9.99. The molecule has 1 unspecified atom stereocenters. The third-order valence-corrected chi connectivity index (χ3v) is 3.81. The Morgan fingerprint density at radius 3 is 2.94 bits per heavy atom. The first kappa shape index (κ1) is 9.17. The number of nitrogens with zero attached hydrogens (tertiary/aromatic N) is 1. The molecular formula is C16H13N. The molecule has 1 heterocycles. The first-order chi connectivity index (χ1) is 8.24. The molecule has 0 spiro atoms. The van der Waals surface area contributed by atoms with E-state index in [1.165, 1.54) is 33.0 Å². The Labute approximate surface area is 100 Å². The van der Waals surface area contributed by atoms with E-state index in [-0.39, 0.29) is 0 Å². The largest absolute Gasteiger partial charge is 0.261 e. The Morgan fingerprint density at radius 1 is 1.18 bits per heavy atom. The van der Waals surface area contributed by atoms with Crippen LogP contribution < -0.4 is 0 Å². The van der Waals surface area contributed by atoms with E-state index in [2.05, 4.69) is 49.2 Å². The van der Waals surface area contributed by atoms with E-state index in [9.17, 15) is 0 Å². The van der Waals surface area contributed by atoms with Gasteiger partial charge in [0.2, 0.25) is 0 Å². The smallest absolute Gasteiger partial charge is 0.0379 e. The summed E-state index contributed by atoms with van der Waals surface area (Å²) in [5, 5.41) is 2.63. The maximum atomic E-state index is 4.38. The first-order valence-electron chi connectivity index (χ1n) is 6.04. The Hall–Kier alpha value is -1.89. The Morgan fingerprint density at radius 2 is 2.06 bits per heavy atom. The van der Waals surface area contributed by atoms with E-state index < -0.39 is 0 Å². The number of rotatable bonds is 0. The minimum absolute atomic E-state index is 0.569. The highest BCUT2D eigenvalue weighted by atomic mass is 14.7. The van der Waals surface area contributed by atoms with Gasteiger partial charge in [0.25, 0.3) is 0 Å². The van der Waals surface area contributed by atoms with Gasteiger partial charge < -0.3 is 0 Å². The molecule has 0 saturated heterocycles. The number of aromatic nitrogens is 1. The van der Waals surface area contributed by atoms with Gasteiger partial charge in [-0.2, -0.15) is 0 Å². The van der Waals surface area contributed by atoms with Crippen LogP contribution in [0.3, 0.4) is 0 Å². The lowest BCUT2D eigenvalue weighted by Gasteiger charge is -2.17. The molecule has 2 aliphatic rings. The second-order valence-corrected chi connectivity index (χ2v) is 5.05. The van der Waals surface area contributed by atoms with Crippen LogP contribution in [0.2, 0.25) is 0 Å². The maximum absolute atomic E-state index is 4.38. The van der Waals surface area contributed by atoms with Gasteiger partial charge in [0.05, 0.1) is 0 Å². The summed E-state index contributed by atoms with van der Waals surface area (Å²) in [5.74, 6) is 0.569. The highest BCUT2D eigenvalue weighted by Gasteiger charge is 2.32. The summed E-state index contributed by atoms with van der Waals surface area (Å²) < 4.78 is 0. The maximum Gasteiger partial charge on any atom is 0.0379 e. The fourth-order valence-corrected chi connectivity index (χ4v) is 2.88. The van der Waals surface area contributed by atoms with Crippen LogP contribution in [-0.2, 0) is 0 Å². The lowest BCUT2D eigenvalue weighted by Crippen LogP contribution is -1.98. The van der Waals surface area contributed by atoms with Crippen molar-refractivity contribution in [3.63, 3.8) is 0 Å². The molecule has 0 saturated carbocycles. The van der Waals surface area contributed by atoms with E-state index >= 15 is 0 Å². The molecular weight excluding hydrogens is 206 g/mol. The van der Waals surface area contributed by atoms with Crippen molar-refractivity contribution in [1.29, 1.82) is 0 Å². The summed E-state index contributed by atoms with van der Waals surface area (Å²) in [4.78, 5) is 4.38. The van der Waals surface area contributed by atoms with Crippen molar-refractivity contribution in [3.8, 4) is 0 Å². The molecule has 1 heteroatoms. The van der Waals surface area contributed by atoms with Gasteiger partial charge in [0.1, 0.15) is 0 Å². The Kier molecular flexibility index (Phi) is 1.54. The summed E-state index contributed by atoms with van der Waals surface area (Å²) in [6, 6.07) is 6.64. The quantitative estimate of drug-likeness (QED) is 0.653. The van der Waals surface area contributed by atoms with Crippen molar-refractivity contribution in [3.05, 3.63) is 58.9 Å². The van der Waals surface area contributed by atoms with E-state index in [0.717, 1.165) is 5.69 Å². The monoisotopic (exact) mass is 219 g/mol. The molecule has 1 aromatic heterocycles. The molecule has 17 heavy (non-hydrogen) atoms. The van der Waals surface area contributed by atoms with Crippen LogP contribution in [0.15, 0.2) is 42.1 Å². The van der Waals surface area contributed by atoms with Crippen LogP contribution in [0.4, 0.5) is 0 Å². The molecule has 0 N–H and O–H groups in total. The van der Waals surface area contributed by atoms with Crippen molar-refractivity contribution in [2.45, 2.75) is 19.8 Å². The molecule has 0 amide bonds.